The highest BCUT2D eigenvalue weighted by Gasteiger charge is 2.33. The molecule has 0 aliphatic rings. The van der Waals surface area contributed by atoms with Gasteiger partial charge in [-0.3, -0.25) is 9.79 Å². The Morgan fingerprint density at radius 3 is 2.43 bits per heavy atom. The van der Waals surface area contributed by atoms with E-state index in [9.17, 15) is 18.0 Å². The average molecular weight is 548 g/mol. The van der Waals surface area contributed by atoms with Crippen LogP contribution in [0.2, 0.25) is 0 Å². The van der Waals surface area contributed by atoms with E-state index in [1.807, 2.05) is 0 Å². The van der Waals surface area contributed by atoms with Gasteiger partial charge in [-0.25, -0.2) is 9.97 Å². The zero-order valence-corrected chi connectivity index (χ0v) is 19.1. The molecule has 1 amide bonds. The van der Waals surface area contributed by atoms with Crippen LogP contribution in [0.3, 0.4) is 0 Å². The van der Waals surface area contributed by atoms with Crippen LogP contribution in [-0.4, -0.2) is 48.5 Å². The molecule has 0 fully saturated rings. The number of thiazole rings is 2. The molecule has 0 bridgehead atoms. The van der Waals surface area contributed by atoms with E-state index in [0.29, 0.717) is 47.6 Å². The lowest BCUT2D eigenvalue weighted by atomic mass is 10.4. The van der Waals surface area contributed by atoms with Crippen LogP contribution in [0.1, 0.15) is 26.1 Å². The third-order valence-corrected chi connectivity index (χ3v) is 5.19. The quantitative estimate of drug-likeness (QED) is 0.214. The molecule has 0 spiro atoms. The number of aromatic nitrogens is 2. The number of aryl methyl sites for hydroxylation is 1. The molecule has 2 heterocycles. The lowest BCUT2D eigenvalue weighted by Gasteiger charge is -2.11. The number of amides is 1. The molecule has 0 unspecified atom stereocenters. The molecule has 2 aromatic heterocycles. The summed E-state index contributed by atoms with van der Waals surface area (Å²) in [5, 5.41) is 10.2. The Morgan fingerprint density at radius 1 is 1.18 bits per heavy atom. The topological polar surface area (TPSA) is 91.3 Å². The van der Waals surface area contributed by atoms with Crippen molar-refractivity contribution in [2.45, 2.75) is 19.5 Å². The standard InChI is InChI=1S/C15H19F3N6OS2.HI/c1-9-12(27-8-23-9)13(25)20-5-6-22-14(19-2)21-4-3-11-24-10(7-26-11)15(16,17)18;/h7-8H,3-6H2,1-2H3,(H,20,25)(H2,19,21,22);1H. The van der Waals surface area contributed by atoms with E-state index in [0.717, 1.165) is 16.7 Å². The van der Waals surface area contributed by atoms with Gasteiger partial charge < -0.3 is 16.0 Å². The maximum absolute atomic E-state index is 12.5. The average Bonchev–Trinajstić information content (AvgIpc) is 3.25. The smallest absolute Gasteiger partial charge is 0.356 e. The van der Waals surface area contributed by atoms with Gasteiger partial charge >= 0.3 is 6.18 Å². The van der Waals surface area contributed by atoms with Crippen molar-refractivity contribution in [2.75, 3.05) is 26.7 Å². The second kappa shape index (κ2) is 11.5. The molecule has 28 heavy (non-hydrogen) atoms. The van der Waals surface area contributed by atoms with Crippen molar-refractivity contribution in [1.82, 2.24) is 25.9 Å². The van der Waals surface area contributed by atoms with Gasteiger partial charge in [-0.15, -0.1) is 46.7 Å². The molecule has 13 heteroatoms. The maximum Gasteiger partial charge on any atom is 0.434 e. The predicted molar refractivity (Wildman–Crippen MR) is 115 cm³/mol. The fourth-order valence-corrected chi connectivity index (χ4v) is 3.55. The SMILES string of the molecule is CN=C(NCCNC(=O)c1scnc1C)NCCc1nc(C(F)(F)F)cs1.I. The first-order chi connectivity index (χ1) is 12.8. The molecule has 0 saturated carbocycles. The monoisotopic (exact) mass is 548 g/mol. The molecule has 2 aromatic rings. The molecule has 0 aromatic carbocycles. The van der Waals surface area contributed by atoms with E-state index >= 15 is 0 Å². The van der Waals surface area contributed by atoms with Gasteiger partial charge in [0.05, 0.1) is 16.2 Å². The highest BCUT2D eigenvalue weighted by molar-refractivity contribution is 14.0. The van der Waals surface area contributed by atoms with Crippen molar-refractivity contribution in [3.8, 4) is 0 Å². The number of carbonyl (C=O) groups is 1. The normalized spacial score (nSPS) is 11.7. The highest BCUT2D eigenvalue weighted by Crippen LogP contribution is 2.29. The van der Waals surface area contributed by atoms with Crippen molar-refractivity contribution < 1.29 is 18.0 Å². The van der Waals surface area contributed by atoms with Crippen LogP contribution < -0.4 is 16.0 Å². The maximum atomic E-state index is 12.5. The number of aliphatic imine (C=N–C) groups is 1. The highest BCUT2D eigenvalue weighted by atomic mass is 127. The molecular weight excluding hydrogens is 528 g/mol. The van der Waals surface area contributed by atoms with Crippen LogP contribution in [0.15, 0.2) is 15.9 Å². The van der Waals surface area contributed by atoms with Crippen molar-refractivity contribution in [3.05, 3.63) is 32.2 Å². The van der Waals surface area contributed by atoms with E-state index in [4.69, 9.17) is 0 Å². The Labute approximate surface area is 185 Å². The Balaban J connectivity index is 0.00000392. The molecule has 0 aliphatic heterocycles. The van der Waals surface area contributed by atoms with Crippen LogP contribution in [-0.2, 0) is 12.6 Å². The van der Waals surface area contributed by atoms with Gasteiger partial charge in [-0.1, -0.05) is 0 Å². The summed E-state index contributed by atoms with van der Waals surface area (Å²) in [7, 11) is 1.58. The third-order valence-electron chi connectivity index (χ3n) is 3.35. The molecule has 7 nitrogen and oxygen atoms in total. The lowest BCUT2D eigenvalue weighted by molar-refractivity contribution is -0.140. The van der Waals surface area contributed by atoms with Crippen molar-refractivity contribution in [3.63, 3.8) is 0 Å². The number of carbonyl (C=O) groups excluding carboxylic acids is 1. The van der Waals surface area contributed by atoms with Gasteiger partial charge in [-0.05, 0) is 6.92 Å². The summed E-state index contributed by atoms with van der Waals surface area (Å²) < 4.78 is 37.5. The molecule has 0 aliphatic carbocycles. The van der Waals surface area contributed by atoms with Gasteiger partial charge in [0.2, 0.25) is 0 Å². The fourth-order valence-electron chi connectivity index (χ4n) is 2.02. The van der Waals surface area contributed by atoms with Crippen molar-refractivity contribution in [1.29, 1.82) is 0 Å². The number of nitrogens with zero attached hydrogens (tertiary/aromatic N) is 3. The second-order valence-electron chi connectivity index (χ2n) is 5.32. The summed E-state index contributed by atoms with van der Waals surface area (Å²) in [4.78, 5) is 24.1. The fraction of sp³-hybridized carbons (Fsp3) is 0.467. The first-order valence-electron chi connectivity index (χ1n) is 7.95. The van der Waals surface area contributed by atoms with Gasteiger partial charge in [0, 0.05) is 38.5 Å². The van der Waals surface area contributed by atoms with Gasteiger partial charge in [0.1, 0.15) is 4.88 Å². The third kappa shape index (κ3) is 7.50. The second-order valence-corrected chi connectivity index (χ2v) is 7.12. The zero-order chi connectivity index (χ0) is 19.9. The molecule has 0 atom stereocenters. The van der Waals surface area contributed by atoms with Gasteiger partial charge in [0.15, 0.2) is 11.7 Å². The van der Waals surface area contributed by atoms with Crippen LogP contribution >= 0.6 is 46.7 Å². The van der Waals surface area contributed by atoms with Crippen LogP contribution in [0, 0.1) is 6.92 Å². The number of halogens is 4. The van der Waals surface area contributed by atoms with Crippen molar-refractivity contribution in [2.24, 2.45) is 4.99 Å². The van der Waals surface area contributed by atoms with Crippen LogP contribution in [0.5, 0.6) is 0 Å². The molecule has 3 N–H and O–H groups in total. The van der Waals surface area contributed by atoms with Crippen molar-refractivity contribution >= 4 is 58.5 Å². The van der Waals surface area contributed by atoms with E-state index in [1.165, 1.54) is 11.3 Å². The van der Waals surface area contributed by atoms with E-state index < -0.39 is 11.9 Å². The lowest BCUT2D eigenvalue weighted by Crippen LogP contribution is -2.42. The Kier molecular flexibility index (Phi) is 10.1. The first-order valence-corrected chi connectivity index (χ1v) is 9.71. The molecule has 0 saturated heterocycles. The molecule has 0 radical (unpaired) electrons. The van der Waals surface area contributed by atoms with E-state index in [-0.39, 0.29) is 29.9 Å². The summed E-state index contributed by atoms with van der Waals surface area (Å²) in [6, 6.07) is 0. The number of hydrogen-bond acceptors (Lipinski definition) is 6. The Morgan fingerprint density at radius 2 is 1.86 bits per heavy atom. The number of hydrogen-bond donors (Lipinski definition) is 3. The largest absolute Gasteiger partial charge is 0.434 e. The number of nitrogens with one attached hydrogen (secondary N) is 3. The van der Waals surface area contributed by atoms with Gasteiger partial charge in [0.25, 0.3) is 5.91 Å². The predicted octanol–water partition coefficient (Wildman–Crippen LogP) is 2.68. The van der Waals surface area contributed by atoms with Crippen LogP contribution in [0.25, 0.3) is 0 Å². The van der Waals surface area contributed by atoms with E-state index in [2.05, 4.69) is 30.9 Å². The minimum absolute atomic E-state index is 0. The summed E-state index contributed by atoms with van der Waals surface area (Å²) in [6.45, 7) is 2.99. The Hall–Kier alpha value is -1.48. The summed E-state index contributed by atoms with van der Waals surface area (Å²) in [5.41, 5.74) is 1.45. The van der Waals surface area contributed by atoms with E-state index in [1.54, 1.807) is 19.5 Å². The minimum Gasteiger partial charge on any atom is -0.356 e. The number of guanidine groups is 1. The molecule has 2 rings (SSSR count). The van der Waals surface area contributed by atoms with Crippen LogP contribution in [0.4, 0.5) is 13.2 Å². The minimum atomic E-state index is -4.41. The summed E-state index contributed by atoms with van der Waals surface area (Å²) >= 11 is 2.26. The molecular formula is C15H20F3IN6OS2. The molecule has 156 valence electrons. The summed E-state index contributed by atoms with van der Waals surface area (Å²) in [6.07, 6.45) is -4.06. The Bertz CT molecular complexity index is 793. The first kappa shape index (κ1) is 24.6. The number of rotatable bonds is 7. The number of alkyl halides is 3. The summed E-state index contributed by atoms with van der Waals surface area (Å²) in [5.74, 6) is 0.315. The zero-order valence-electron chi connectivity index (χ0n) is 15.1. The van der Waals surface area contributed by atoms with Gasteiger partial charge in [-0.2, -0.15) is 13.2 Å².